The highest BCUT2D eigenvalue weighted by molar-refractivity contribution is 7.86. The van der Waals surface area contributed by atoms with Crippen LogP contribution in [0, 0.1) is 23.0 Å². The van der Waals surface area contributed by atoms with Gasteiger partial charge < -0.3 is 5.11 Å². The van der Waals surface area contributed by atoms with Gasteiger partial charge in [0.2, 0.25) is 0 Å². The fourth-order valence-corrected chi connectivity index (χ4v) is 5.43. The Hall–Kier alpha value is -1.32. The van der Waals surface area contributed by atoms with E-state index in [2.05, 4.69) is 0 Å². The van der Waals surface area contributed by atoms with Gasteiger partial charge in [-0.15, -0.1) is 0 Å². The lowest BCUT2D eigenvalue weighted by atomic mass is 9.85. The average molecular weight is 297 g/mol. The molecule has 3 rings (SSSR count). The number of benzene rings is 1. The molecule has 0 aliphatic carbocycles. The van der Waals surface area contributed by atoms with E-state index >= 15 is 0 Å². The second-order valence-corrected chi connectivity index (χ2v) is 7.51. The first-order chi connectivity index (χ1) is 9.44. The third-order valence-electron chi connectivity index (χ3n) is 4.29. The molecule has 0 spiro atoms. The maximum Gasteiger partial charge on any atom is 0.144 e. The molecule has 2 heterocycles. The molecule has 0 amide bonds. The fourth-order valence-electron chi connectivity index (χ4n) is 3.27. The van der Waals surface area contributed by atoms with Crippen molar-refractivity contribution in [2.75, 3.05) is 0 Å². The summed E-state index contributed by atoms with van der Waals surface area (Å²) in [5.41, 5.74) is -1.85. The number of halogens is 2. The van der Waals surface area contributed by atoms with Crippen LogP contribution >= 0.6 is 0 Å². The second-order valence-electron chi connectivity index (χ2n) is 5.52. The highest BCUT2D eigenvalue weighted by Crippen LogP contribution is 2.46. The molecular formula is C14H13F2NO2S. The third-order valence-corrected chi connectivity index (χ3v) is 6.41. The Kier molecular flexibility index (Phi) is 3.14. The zero-order chi connectivity index (χ0) is 14.5. The summed E-state index contributed by atoms with van der Waals surface area (Å²) in [4.78, 5) is 0. The highest BCUT2D eigenvalue weighted by atomic mass is 32.2. The van der Waals surface area contributed by atoms with Gasteiger partial charge in [0, 0.05) is 21.3 Å². The van der Waals surface area contributed by atoms with Crippen molar-refractivity contribution in [3.63, 3.8) is 0 Å². The Morgan fingerprint density at radius 3 is 2.20 bits per heavy atom. The third kappa shape index (κ3) is 1.97. The van der Waals surface area contributed by atoms with Crippen LogP contribution < -0.4 is 0 Å². The van der Waals surface area contributed by atoms with Crippen LogP contribution in [0.25, 0.3) is 0 Å². The molecular weight excluding hydrogens is 284 g/mol. The summed E-state index contributed by atoms with van der Waals surface area (Å²) in [6.45, 7) is 0. The van der Waals surface area contributed by atoms with E-state index in [1.807, 2.05) is 0 Å². The van der Waals surface area contributed by atoms with Gasteiger partial charge in [0.05, 0.1) is 5.60 Å². The van der Waals surface area contributed by atoms with Crippen LogP contribution in [0.4, 0.5) is 8.78 Å². The van der Waals surface area contributed by atoms with Crippen LogP contribution in [0.1, 0.15) is 36.8 Å². The summed E-state index contributed by atoms with van der Waals surface area (Å²) in [6.07, 6.45) is 2.06. The molecule has 0 saturated carbocycles. The number of hydrogen-bond donors (Lipinski definition) is 1. The topological polar surface area (TPSA) is 61.1 Å². The Morgan fingerprint density at radius 1 is 1.25 bits per heavy atom. The van der Waals surface area contributed by atoms with Crippen molar-refractivity contribution in [3.05, 3.63) is 34.9 Å². The van der Waals surface area contributed by atoms with E-state index in [-0.39, 0.29) is 28.9 Å². The zero-order valence-electron chi connectivity index (χ0n) is 10.6. The molecule has 2 atom stereocenters. The average Bonchev–Trinajstić information content (AvgIpc) is 2.62. The van der Waals surface area contributed by atoms with Gasteiger partial charge >= 0.3 is 0 Å². The van der Waals surface area contributed by atoms with E-state index in [4.69, 9.17) is 5.26 Å². The molecule has 2 aliphatic rings. The molecule has 1 N–H and O–H groups in total. The summed E-state index contributed by atoms with van der Waals surface area (Å²) < 4.78 is 39.3. The Labute approximate surface area is 117 Å². The Morgan fingerprint density at radius 2 is 1.75 bits per heavy atom. The minimum Gasteiger partial charge on any atom is -0.385 e. The van der Waals surface area contributed by atoms with Gasteiger partial charge in [-0.1, -0.05) is 0 Å². The van der Waals surface area contributed by atoms with Crippen LogP contribution in [0.15, 0.2) is 12.1 Å². The van der Waals surface area contributed by atoms with Crippen molar-refractivity contribution < 1.29 is 18.1 Å². The molecule has 2 bridgehead atoms. The maximum atomic E-state index is 13.7. The van der Waals surface area contributed by atoms with E-state index in [1.54, 1.807) is 0 Å². The van der Waals surface area contributed by atoms with Crippen molar-refractivity contribution in [2.45, 2.75) is 41.8 Å². The van der Waals surface area contributed by atoms with Gasteiger partial charge in [-0.25, -0.2) is 8.78 Å². The van der Waals surface area contributed by atoms with Gasteiger partial charge in [-0.05, 0) is 43.4 Å². The first-order valence-electron chi connectivity index (χ1n) is 6.46. The largest absolute Gasteiger partial charge is 0.385 e. The van der Waals surface area contributed by atoms with Gasteiger partial charge in [-0.3, -0.25) is 4.21 Å². The predicted octanol–water partition coefficient (Wildman–Crippen LogP) is 2.10. The molecule has 2 aliphatic heterocycles. The number of nitriles is 1. The van der Waals surface area contributed by atoms with E-state index < -0.39 is 33.6 Å². The molecule has 0 aromatic heterocycles. The standard InChI is InChI=1S/C14H13F2NO2S/c15-12-3-8(4-13(16)11(12)7-17)14(18)5-9-1-2-10(6-14)20(9)19/h3-4,9-10,18H,1-2,5-6H2. The van der Waals surface area contributed by atoms with E-state index in [1.165, 1.54) is 6.07 Å². The number of hydrogen-bond acceptors (Lipinski definition) is 3. The van der Waals surface area contributed by atoms with E-state index in [9.17, 15) is 18.1 Å². The highest BCUT2D eigenvalue weighted by Gasteiger charge is 2.48. The SMILES string of the molecule is N#Cc1c(F)cc(C2(O)CC3CCC(C2)S3=O)cc1F. The summed E-state index contributed by atoms with van der Waals surface area (Å²) in [5.74, 6) is -1.93. The molecule has 3 nitrogen and oxygen atoms in total. The molecule has 20 heavy (non-hydrogen) atoms. The number of nitrogens with zero attached hydrogens (tertiary/aromatic N) is 1. The van der Waals surface area contributed by atoms with Crippen molar-refractivity contribution >= 4 is 10.8 Å². The number of fused-ring (bicyclic) bond motifs is 2. The van der Waals surface area contributed by atoms with Crippen LogP contribution in [-0.4, -0.2) is 19.8 Å². The Bertz CT molecular complexity index is 602. The first kappa shape index (κ1) is 13.7. The molecule has 106 valence electrons. The summed E-state index contributed by atoms with van der Waals surface area (Å²) >= 11 is 0. The van der Waals surface area contributed by atoms with E-state index in [0.29, 0.717) is 0 Å². The number of rotatable bonds is 1. The van der Waals surface area contributed by atoms with Crippen LogP contribution in [-0.2, 0) is 16.4 Å². The summed E-state index contributed by atoms with van der Waals surface area (Å²) in [5, 5.41) is 19.1. The van der Waals surface area contributed by atoms with Crippen molar-refractivity contribution in [1.29, 1.82) is 5.26 Å². The Balaban J connectivity index is 2.01. The molecule has 2 saturated heterocycles. The maximum absolute atomic E-state index is 13.7. The molecule has 1 aromatic carbocycles. The minimum atomic E-state index is -1.35. The molecule has 6 heteroatoms. The monoisotopic (exact) mass is 297 g/mol. The van der Waals surface area contributed by atoms with Crippen molar-refractivity contribution in [2.24, 2.45) is 0 Å². The summed E-state index contributed by atoms with van der Waals surface area (Å²) in [6, 6.07) is 3.51. The smallest absolute Gasteiger partial charge is 0.144 e. The van der Waals surface area contributed by atoms with Crippen molar-refractivity contribution in [1.82, 2.24) is 0 Å². The van der Waals surface area contributed by atoms with Gasteiger partial charge in [0.1, 0.15) is 23.3 Å². The fraction of sp³-hybridized carbons (Fsp3) is 0.500. The van der Waals surface area contributed by atoms with Crippen molar-refractivity contribution in [3.8, 4) is 6.07 Å². The van der Waals surface area contributed by atoms with Crippen LogP contribution in [0.2, 0.25) is 0 Å². The van der Waals surface area contributed by atoms with Crippen LogP contribution in [0.3, 0.4) is 0 Å². The van der Waals surface area contributed by atoms with Gasteiger partial charge in [0.15, 0.2) is 0 Å². The lowest BCUT2D eigenvalue weighted by Crippen LogP contribution is -2.40. The lowest BCUT2D eigenvalue weighted by molar-refractivity contribution is 0.0178. The lowest BCUT2D eigenvalue weighted by Gasteiger charge is -2.36. The summed E-state index contributed by atoms with van der Waals surface area (Å²) in [7, 11) is -0.956. The zero-order valence-corrected chi connectivity index (χ0v) is 11.4. The van der Waals surface area contributed by atoms with Gasteiger partial charge in [0.25, 0.3) is 0 Å². The van der Waals surface area contributed by atoms with Crippen LogP contribution in [0.5, 0.6) is 0 Å². The predicted molar refractivity (Wildman–Crippen MR) is 69.2 cm³/mol. The van der Waals surface area contributed by atoms with E-state index in [0.717, 1.165) is 25.0 Å². The molecule has 2 fully saturated rings. The normalized spacial score (nSPS) is 35.8. The first-order valence-corrected chi connectivity index (χ1v) is 7.73. The minimum absolute atomic E-state index is 0.111. The second kappa shape index (κ2) is 4.61. The molecule has 0 radical (unpaired) electrons. The number of aliphatic hydroxyl groups is 1. The quantitative estimate of drug-likeness (QED) is 0.863. The molecule has 1 aromatic rings. The van der Waals surface area contributed by atoms with Gasteiger partial charge in [-0.2, -0.15) is 5.26 Å². The molecule has 2 unspecified atom stereocenters.